The fraction of sp³-hybridized carbons (Fsp3) is 0.333. The molecule has 2 atom stereocenters. The lowest BCUT2D eigenvalue weighted by atomic mass is 9.96. The summed E-state index contributed by atoms with van der Waals surface area (Å²) in [5.41, 5.74) is 3.69. The maximum atomic E-state index is 6.22. The van der Waals surface area contributed by atoms with Crippen molar-refractivity contribution in [3.05, 3.63) is 84.6 Å². The Balaban J connectivity index is 0.00000152. The molecule has 190 valence electrons. The van der Waals surface area contributed by atoms with E-state index >= 15 is 0 Å². The number of fused-ring (bicyclic) bond motifs is 6. The van der Waals surface area contributed by atoms with Gasteiger partial charge in [0, 0.05) is 54.0 Å². The average molecular weight is 520 g/mol. The molecular formula is C30H37N3OS2. The minimum absolute atomic E-state index is 0. The van der Waals surface area contributed by atoms with Gasteiger partial charge in [-0.3, -0.25) is 4.90 Å². The van der Waals surface area contributed by atoms with Crippen molar-refractivity contribution in [1.82, 2.24) is 9.88 Å². The summed E-state index contributed by atoms with van der Waals surface area (Å²) in [4.78, 5) is 8.76. The van der Waals surface area contributed by atoms with Gasteiger partial charge in [-0.1, -0.05) is 48.6 Å². The average Bonchev–Trinajstić information content (AvgIpc) is 3.23. The van der Waals surface area contributed by atoms with Gasteiger partial charge < -0.3 is 14.6 Å². The number of nitrogens with one attached hydrogen (secondary N) is 1. The van der Waals surface area contributed by atoms with E-state index in [2.05, 4.69) is 101 Å². The van der Waals surface area contributed by atoms with Gasteiger partial charge in [0.1, 0.15) is 5.75 Å². The Labute approximate surface area is 228 Å². The summed E-state index contributed by atoms with van der Waals surface area (Å²) in [6.45, 7) is 6.14. The van der Waals surface area contributed by atoms with Gasteiger partial charge in [0.2, 0.25) is 0 Å². The molecule has 1 N–H and O–H groups in total. The van der Waals surface area contributed by atoms with E-state index in [1.807, 2.05) is 0 Å². The molecule has 4 heterocycles. The van der Waals surface area contributed by atoms with Gasteiger partial charge in [0.25, 0.3) is 0 Å². The van der Waals surface area contributed by atoms with Gasteiger partial charge >= 0.3 is 0 Å². The molecule has 36 heavy (non-hydrogen) atoms. The second kappa shape index (κ2) is 11.7. The molecule has 3 aromatic carbocycles. The van der Waals surface area contributed by atoms with E-state index < -0.39 is 0 Å². The number of nitrogens with zero attached hydrogens (tertiary/aromatic N) is 2. The predicted molar refractivity (Wildman–Crippen MR) is 163 cm³/mol. The smallest absolute Gasteiger partial charge is 0.128 e. The molecule has 3 aliphatic rings. The highest BCUT2D eigenvalue weighted by Crippen LogP contribution is 2.31. The fourth-order valence-corrected chi connectivity index (χ4v) is 5.73. The number of aromatic nitrogens is 1. The van der Waals surface area contributed by atoms with Crippen molar-refractivity contribution in [3.63, 3.8) is 0 Å². The van der Waals surface area contributed by atoms with E-state index in [1.54, 1.807) is 0 Å². The summed E-state index contributed by atoms with van der Waals surface area (Å²) in [5.74, 6) is 0.987. The maximum Gasteiger partial charge on any atom is 0.128 e. The molecule has 7 rings (SSSR count). The molecule has 0 unspecified atom stereocenters. The third kappa shape index (κ3) is 5.41. The minimum Gasteiger partial charge on any atom is -0.493 e. The molecule has 3 aliphatic heterocycles. The van der Waals surface area contributed by atoms with Crippen LogP contribution in [-0.2, 0) is 0 Å². The fourth-order valence-electron chi connectivity index (χ4n) is 5.73. The van der Waals surface area contributed by atoms with E-state index in [-0.39, 0.29) is 27.0 Å². The molecule has 1 fully saturated rings. The molecule has 0 amide bonds. The number of hydrogen-bond acceptors (Lipinski definition) is 3. The molecule has 0 saturated carbocycles. The predicted octanol–water partition coefficient (Wildman–Crippen LogP) is 6.53. The minimum atomic E-state index is 0. The molecule has 6 heteroatoms. The van der Waals surface area contributed by atoms with E-state index in [0.29, 0.717) is 12.1 Å². The summed E-state index contributed by atoms with van der Waals surface area (Å²) >= 11 is 0. The van der Waals surface area contributed by atoms with Gasteiger partial charge in [0.15, 0.2) is 0 Å². The first-order chi connectivity index (χ1) is 16.7. The summed E-state index contributed by atoms with van der Waals surface area (Å²) in [6, 6.07) is 25.1. The number of hydrogen-bond donors (Lipinski definition) is 1. The summed E-state index contributed by atoms with van der Waals surface area (Å²) in [5, 5.41) is 3.83. The van der Waals surface area contributed by atoms with Gasteiger partial charge in [-0.25, -0.2) is 0 Å². The van der Waals surface area contributed by atoms with E-state index in [1.165, 1.54) is 27.5 Å². The Bertz CT molecular complexity index is 1330. The molecule has 4 aromatic rings. The summed E-state index contributed by atoms with van der Waals surface area (Å²) in [7, 11) is 0. The number of aromatic amines is 1. The standard InChI is InChI=1S/C30H33N3O.2H2S/c1-22-18-28-29(31-22)12-6-13-30(28)34-17-7-16-32-20-27-11-5-4-10-26(32)21-33(27)25-15-14-23-8-2-3-9-24(23)19-25;;/h2-6,8-9,12-15,18-19,26-27,31H,7,10-11,16-17,20-21H2,1H3;2*1H2/b5-4-;;/t26-,27-;;/m0../s1. The van der Waals surface area contributed by atoms with Crippen LogP contribution in [0.2, 0.25) is 0 Å². The molecule has 0 aliphatic carbocycles. The molecule has 4 nitrogen and oxygen atoms in total. The van der Waals surface area contributed by atoms with Crippen molar-refractivity contribution in [1.29, 1.82) is 0 Å². The van der Waals surface area contributed by atoms with Crippen molar-refractivity contribution >= 4 is 54.4 Å². The number of piperazine rings is 1. The second-order valence-electron chi connectivity index (χ2n) is 9.80. The molecule has 0 spiro atoms. The van der Waals surface area contributed by atoms with Crippen LogP contribution in [0.3, 0.4) is 0 Å². The van der Waals surface area contributed by atoms with Crippen LogP contribution in [0.4, 0.5) is 5.69 Å². The Morgan fingerprint density at radius 3 is 2.53 bits per heavy atom. The highest BCUT2D eigenvalue weighted by atomic mass is 32.1. The molecule has 1 saturated heterocycles. The lowest BCUT2D eigenvalue weighted by molar-refractivity contribution is 0.137. The quantitative estimate of drug-likeness (QED) is 0.232. The summed E-state index contributed by atoms with van der Waals surface area (Å²) in [6.07, 6.45) is 8.07. The van der Waals surface area contributed by atoms with Gasteiger partial charge in [-0.2, -0.15) is 27.0 Å². The van der Waals surface area contributed by atoms with Gasteiger partial charge in [-0.05, 0) is 67.3 Å². The number of ether oxygens (including phenoxy) is 1. The van der Waals surface area contributed by atoms with Crippen molar-refractivity contribution < 1.29 is 4.74 Å². The Morgan fingerprint density at radius 1 is 0.861 bits per heavy atom. The van der Waals surface area contributed by atoms with Crippen LogP contribution in [0.1, 0.15) is 25.0 Å². The highest BCUT2D eigenvalue weighted by Gasteiger charge is 2.33. The molecule has 2 bridgehead atoms. The SMILES string of the molecule is Cc1cc2c(OCCCN3C[C@@H]4C/C=C\C[C@H]3CN4c3ccc4ccccc4c3)cccc2[nH]1.S.S. The van der Waals surface area contributed by atoms with Crippen LogP contribution < -0.4 is 9.64 Å². The largest absolute Gasteiger partial charge is 0.493 e. The first-order valence-corrected chi connectivity index (χ1v) is 12.6. The first kappa shape index (κ1) is 26.5. The molecular weight excluding hydrogens is 482 g/mol. The monoisotopic (exact) mass is 519 g/mol. The van der Waals surface area contributed by atoms with E-state index in [9.17, 15) is 0 Å². The van der Waals surface area contributed by atoms with Crippen LogP contribution in [0.25, 0.3) is 21.7 Å². The molecule has 1 aromatic heterocycles. The van der Waals surface area contributed by atoms with E-state index in [4.69, 9.17) is 4.74 Å². The van der Waals surface area contributed by atoms with Crippen LogP contribution in [0, 0.1) is 6.92 Å². The lowest BCUT2D eigenvalue weighted by Crippen LogP contribution is -2.59. The van der Waals surface area contributed by atoms with E-state index in [0.717, 1.165) is 56.8 Å². The normalized spacial score (nSPS) is 20.4. The maximum absolute atomic E-state index is 6.22. The van der Waals surface area contributed by atoms with Crippen LogP contribution in [-0.4, -0.2) is 48.2 Å². The van der Waals surface area contributed by atoms with Crippen molar-refractivity contribution in [2.24, 2.45) is 0 Å². The number of aryl methyl sites for hydroxylation is 1. The second-order valence-corrected chi connectivity index (χ2v) is 9.80. The zero-order valence-electron chi connectivity index (χ0n) is 20.9. The zero-order chi connectivity index (χ0) is 22.9. The zero-order valence-corrected chi connectivity index (χ0v) is 22.9. The first-order valence-electron chi connectivity index (χ1n) is 12.6. The van der Waals surface area contributed by atoms with Crippen LogP contribution in [0.15, 0.2) is 78.9 Å². The number of anilines is 1. The van der Waals surface area contributed by atoms with Gasteiger partial charge in [0.05, 0.1) is 6.61 Å². The third-order valence-electron chi connectivity index (χ3n) is 7.46. The van der Waals surface area contributed by atoms with Crippen molar-refractivity contribution in [2.45, 2.75) is 38.3 Å². The Morgan fingerprint density at radius 2 is 1.67 bits per heavy atom. The van der Waals surface area contributed by atoms with Crippen LogP contribution >= 0.6 is 27.0 Å². The highest BCUT2D eigenvalue weighted by molar-refractivity contribution is 7.59. The number of rotatable bonds is 6. The van der Waals surface area contributed by atoms with Crippen molar-refractivity contribution in [2.75, 3.05) is 31.1 Å². The lowest BCUT2D eigenvalue weighted by Gasteiger charge is -2.48. The summed E-state index contributed by atoms with van der Waals surface area (Å²) < 4.78 is 6.22. The topological polar surface area (TPSA) is 31.5 Å². The Kier molecular flexibility index (Phi) is 8.60. The third-order valence-corrected chi connectivity index (χ3v) is 7.46. The molecule has 0 radical (unpaired) electrons. The number of benzene rings is 3. The Hall–Kier alpha value is -2.54. The van der Waals surface area contributed by atoms with Gasteiger partial charge in [-0.15, -0.1) is 0 Å². The van der Waals surface area contributed by atoms with Crippen molar-refractivity contribution in [3.8, 4) is 5.75 Å². The number of H-pyrrole nitrogens is 1. The van der Waals surface area contributed by atoms with Crippen LogP contribution in [0.5, 0.6) is 5.75 Å².